The Balaban J connectivity index is 1.22. The molecule has 1 aliphatic carbocycles. The normalized spacial score (nSPS) is 21.5. The van der Waals surface area contributed by atoms with Gasteiger partial charge in [-0.15, -0.1) is 0 Å². The molecule has 31 heavy (non-hydrogen) atoms. The Bertz CT molecular complexity index is 1020. The maximum Gasteiger partial charge on any atom is 0.322 e. The molecule has 2 aromatic heterocycles. The van der Waals surface area contributed by atoms with E-state index in [1.165, 1.54) is 6.42 Å². The number of nitrogens with one attached hydrogen (secondary N) is 1. The predicted molar refractivity (Wildman–Crippen MR) is 117 cm³/mol. The molecule has 1 saturated heterocycles. The van der Waals surface area contributed by atoms with Gasteiger partial charge < -0.3 is 18.8 Å². The fraction of sp³-hybridized carbons (Fsp3) is 0.478. The number of fused-ring (bicyclic) bond motifs is 1. The van der Waals surface area contributed by atoms with Gasteiger partial charge in [-0.1, -0.05) is 18.6 Å². The number of H-pyrrole nitrogens is 1. The van der Waals surface area contributed by atoms with Gasteiger partial charge in [0.15, 0.2) is 11.5 Å². The minimum absolute atomic E-state index is 0.0706. The van der Waals surface area contributed by atoms with Crippen molar-refractivity contribution in [2.45, 2.75) is 61.8 Å². The zero-order chi connectivity index (χ0) is 21.3. The molecular weight excluding hydrogens is 414 g/mol. The number of hydrogen-bond acceptors (Lipinski definition) is 6. The van der Waals surface area contributed by atoms with Crippen LogP contribution in [0.25, 0.3) is 11.0 Å². The van der Waals surface area contributed by atoms with E-state index in [1.54, 1.807) is 6.20 Å². The van der Waals surface area contributed by atoms with E-state index in [2.05, 4.69) is 15.0 Å². The summed E-state index contributed by atoms with van der Waals surface area (Å²) in [5, 5.41) is 0.461. The average Bonchev–Trinajstić information content (AvgIpc) is 3.39. The van der Waals surface area contributed by atoms with Gasteiger partial charge in [-0.2, -0.15) is 4.98 Å². The Morgan fingerprint density at radius 1 is 1.23 bits per heavy atom. The lowest BCUT2D eigenvalue weighted by Crippen LogP contribution is -2.34. The summed E-state index contributed by atoms with van der Waals surface area (Å²) in [6, 6.07) is 9.51. The summed E-state index contributed by atoms with van der Waals surface area (Å²) in [4.78, 5) is 12.0. The van der Waals surface area contributed by atoms with E-state index in [0.717, 1.165) is 53.7 Å². The Morgan fingerprint density at radius 2 is 2.06 bits per heavy atom. The lowest BCUT2D eigenvalue weighted by atomic mass is 9.94. The summed E-state index contributed by atoms with van der Waals surface area (Å²) >= 11 is -1.33. The molecule has 164 valence electrons. The maximum atomic E-state index is 12.9. The van der Waals surface area contributed by atoms with Crippen LogP contribution in [0.5, 0.6) is 5.75 Å². The Morgan fingerprint density at radius 3 is 2.90 bits per heavy atom. The summed E-state index contributed by atoms with van der Waals surface area (Å²) in [6.07, 6.45) is 7.13. The van der Waals surface area contributed by atoms with Gasteiger partial charge in [-0.25, -0.2) is 0 Å². The van der Waals surface area contributed by atoms with Crippen molar-refractivity contribution < 1.29 is 18.8 Å². The van der Waals surface area contributed by atoms with Crippen LogP contribution in [0, 0.1) is 6.92 Å². The highest BCUT2D eigenvalue weighted by Crippen LogP contribution is 2.38. The third kappa shape index (κ3) is 4.43. The van der Waals surface area contributed by atoms with Crippen molar-refractivity contribution in [1.29, 1.82) is 0 Å². The number of pyridine rings is 1. The lowest BCUT2D eigenvalue weighted by Gasteiger charge is -2.31. The first kappa shape index (κ1) is 20.8. The number of rotatable bonds is 6. The summed E-state index contributed by atoms with van der Waals surface area (Å²) in [6.45, 7) is 2.94. The molecule has 0 radical (unpaired) electrons. The van der Waals surface area contributed by atoms with Gasteiger partial charge in [-0.3, -0.25) is 9.97 Å². The van der Waals surface area contributed by atoms with E-state index in [1.807, 2.05) is 37.3 Å². The van der Waals surface area contributed by atoms with Gasteiger partial charge >= 0.3 is 5.16 Å². The first-order valence-electron chi connectivity index (χ1n) is 10.8. The Labute approximate surface area is 184 Å². The molecule has 1 aliphatic heterocycles. The van der Waals surface area contributed by atoms with Crippen molar-refractivity contribution in [2.24, 2.45) is 0 Å². The van der Waals surface area contributed by atoms with Crippen LogP contribution in [-0.4, -0.2) is 44.6 Å². The van der Waals surface area contributed by atoms with Gasteiger partial charge in [-0.05, 0) is 38.0 Å². The van der Waals surface area contributed by atoms with Crippen molar-refractivity contribution in [1.82, 2.24) is 15.0 Å². The molecular formula is C23H27N3O4S. The van der Waals surface area contributed by atoms with Crippen LogP contribution in [0.15, 0.2) is 41.7 Å². The standard InChI is InChI=1S/C23H27N3O4S/c1-16-20(15-31(27)22-25-18-7-3-4-8-19(18)26-22)24-12-9-21(16)28-13-17-14-29-23(30-17)10-5-2-6-11-23/h3-4,7-9,12,17H,2,5-6,10-11,13-15H2,1H3,(H,25,26)/t17-,31?/m0/s1. The van der Waals surface area contributed by atoms with Crippen molar-refractivity contribution in [3.05, 3.63) is 47.8 Å². The lowest BCUT2D eigenvalue weighted by molar-refractivity contribution is -0.189. The fourth-order valence-electron chi connectivity index (χ4n) is 4.32. The molecule has 7 nitrogen and oxygen atoms in total. The van der Waals surface area contributed by atoms with Gasteiger partial charge in [0.1, 0.15) is 18.5 Å². The minimum atomic E-state index is -1.33. The molecule has 1 aromatic carbocycles. The van der Waals surface area contributed by atoms with E-state index in [0.29, 0.717) is 18.4 Å². The second-order valence-electron chi connectivity index (χ2n) is 8.26. The molecule has 8 heteroatoms. The SMILES string of the molecule is Cc1c(OC[C@H]2COC3(CCCCC3)O2)ccnc1C[S+]([O-])c1nc2ccccc2[nH]1. The van der Waals surface area contributed by atoms with Crippen molar-refractivity contribution in [3.8, 4) is 5.75 Å². The van der Waals surface area contributed by atoms with Crippen LogP contribution >= 0.6 is 0 Å². The number of hydrogen-bond donors (Lipinski definition) is 1. The Kier molecular flexibility index (Phi) is 5.88. The third-order valence-corrected chi connectivity index (χ3v) is 7.22. The molecule has 0 amide bonds. The molecule has 1 saturated carbocycles. The second kappa shape index (κ2) is 8.78. The monoisotopic (exact) mass is 441 g/mol. The minimum Gasteiger partial charge on any atom is -0.609 e. The number of aromatic amines is 1. The summed E-state index contributed by atoms with van der Waals surface area (Å²) < 4.78 is 31.2. The Hall–Kier alpha value is -2.13. The summed E-state index contributed by atoms with van der Waals surface area (Å²) in [5.41, 5.74) is 3.31. The molecule has 1 N–H and O–H groups in total. The number of imidazole rings is 1. The zero-order valence-electron chi connectivity index (χ0n) is 17.6. The topological polar surface area (TPSA) is 92.3 Å². The van der Waals surface area contributed by atoms with Gasteiger partial charge in [0.05, 0.1) is 23.3 Å². The molecule has 5 rings (SSSR count). The van der Waals surface area contributed by atoms with Crippen molar-refractivity contribution >= 4 is 22.2 Å². The van der Waals surface area contributed by atoms with Crippen molar-refractivity contribution in [2.75, 3.05) is 13.2 Å². The highest BCUT2D eigenvalue weighted by Gasteiger charge is 2.42. The summed E-state index contributed by atoms with van der Waals surface area (Å²) in [5.74, 6) is 0.614. The highest BCUT2D eigenvalue weighted by atomic mass is 32.2. The van der Waals surface area contributed by atoms with E-state index in [4.69, 9.17) is 14.2 Å². The van der Waals surface area contributed by atoms with Crippen LogP contribution < -0.4 is 4.74 Å². The van der Waals surface area contributed by atoms with Crippen LogP contribution in [0.4, 0.5) is 0 Å². The average molecular weight is 442 g/mol. The maximum absolute atomic E-state index is 12.9. The predicted octanol–water partition coefficient (Wildman–Crippen LogP) is 4.03. The molecule has 1 unspecified atom stereocenters. The molecule has 3 heterocycles. The third-order valence-electron chi connectivity index (χ3n) is 6.06. The van der Waals surface area contributed by atoms with Gasteiger partial charge in [0.25, 0.3) is 0 Å². The number of nitrogens with zero attached hydrogens (tertiary/aromatic N) is 2. The quantitative estimate of drug-likeness (QED) is 0.581. The second-order valence-corrected chi connectivity index (χ2v) is 9.63. The smallest absolute Gasteiger partial charge is 0.322 e. The van der Waals surface area contributed by atoms with Crippen LogP contribution in [0.1, 0.15) is 43.4 Å². The fourth-order valence-corrected chi connectivity index (χ4v) is 5.42. The van der Waals surface area contributed by atoms with E-state index in [-0.39, 0.29) is 11.9 Å². The zero-order valence-corrected chi connectivity index (χ0v) is 18.5. The number of aromatic nitrogens is 3. The van der Waals surface area contributed by atoms with Gasteiger partial charge in [0, 0.05) is 35.8 Å². The first-order chi connectivity index (χ1) is 15.1. The number of benzene rings is 1. The number of ether oxygens (including phenoxy) is 3. The first-order valence-corrected chi connectivity index (χ1v) is 12.2. The molecule has 2 aliphatic rings. The molecule has 1 spiro atoms. The molecule has 2 atom stereocenters. The van der Waals surface area contributed by atoms with E-state index < -0.39 is 17.0 Å². The van der Waals surface area contributed by atoms with E-state index >= 15 is 0 Å². The largest absolute Gasteiger partial charge is 0.609 e. The van der Waals surface area contributed by atoms with Crippen LogP contribution in [0.2, 0.25) is 0 Å². The summed E-state index contributed by atoms with van der Waals surface area (Å²) in [7, 11) is 0. The number of para-hydroxylation sites is 2. The van der Waals surface area contributed by atoms with Crippen molar-refractivity contribution in [3.63, 3.8) is 0 Å². The van der Waals surface area contributed by atoms with Crippen LogP contribution in [-0.2, 0) is 26.4 Å². The van der Waals surface area contributed by atoms with E-state index in [9.17, 15) is 4.55 Å². The van der Waals surface area contributed by atoms with Crippen LogP contribution in [0.3, 0.4) is 0 Å². The molecule has 3 aromatic rings. The van der Waals surface area contributed by atoms with Gasteiger partial charge in [0.2, 0.25) is 0 Å². The molecule has 0 bridgehead atoms. The highest BCUT2D eigenvalue weighted by molar-refractivity contribution is 7.90. The molecule has 2 fully saturated rings.